The maximum atomic E-state index is 13.6. The van der Waals surface area contributed by atoms with Crippen molar-refractivity contribution >= 4 is 40.8 Å². The molecule has 33 heavy (non-hydrogen) atoms. The smallest absolute Gasteiger partial charge is 0.315 e. The minimum absolute atomic E-state index is 0.0330. The van der Waals surface area contributed by atoms with Crippen molar-refractivity contribution in [1.29, 1.82) is 0 Å². The van der Waals surface area contributed by atoms with Crippen LogP contribution in [0.25, 0.3) is 0 Å². The van der Waals surface area contributed by atoms with Crippen LogP contribution in [0.4, 0.5) is 0 Å². The number of allylic oxidation sites excluding steroid dienone is 2. The summed E-state index contributed by atoms with van der Waals surface area (Å²) in [5.74, 6) is 0.336. The van der Waals surface area contributed by atoms with Gasteiger partial charge in [0.05, 0.1) is 0 Å². The Labute approximate surface area is 204 Å². The lowest BCUT2D eigenvalue weighted by atomic mass is 9.69. The molecular weight excluding hydrogens is 454 g/mol. The van der Waals surface area contributed by atoms with E-state index in [0.29, 0.717) is 35.8 Å². The van der Waals surface area contributed by atoms with Crippen LogP contribution in [0, 0.1) is 5.92 Å². The standard InChI is InChI=1S/C27H28ClNO3S/c1-3-33-14-13-32-27(31)24-17(2)29-22-15-19(18-9-5-4-6-10-18)16-23(30)26(22)25(24)20-11-7-8-12-21(20)28/h4-12,19,24-25H,3,13-16H2,1-2H3/t19-,24?,25-/m0/s1. The van der Waals surface area contributed by atoms with Gasteiger partial charge in [0.25, 0.3) is 0 Å². The maximum Gasteiger partial charge on any atom is 0.315 e. The van der Waals surface area contributed by atoms with Crippen molar-refractivity contribution in [3.05, 3.63) is 82.0 Å². The van der Waals surface area contributed by atoms with Crippen LogP contribution < -0.4 is 0 Å². The van der Waals surface area contributed by atoms with Gasteiger partial charge in [-0.1, -0.05) is 67.1 Å². The number of nitrogens with zero attached hydrogens (tertiary/aromatic N) is 1. The number of ketones is 1. The Kier molecular flexibility index (Phi) is 7.71. The largest absolute Gasteiger partial charge is 0.464 e. The molecule has 1 aliphatic carbocycles. The Bertz CT molecular complexity index is 1100. The Morgan fingerprint density at radius 1 is 1.12 bits per heavy atom. The summed E-state index contributed by atoms with van der Waals surface area (Å²) < 4.78 is 5.63. The molecule has 1 unspecified atom stereocenters. The molecule has 0 bridgehead atoms. The van der Waals surface area contributed by atoms with Gasteiger partial charge in [0.1, 0.15) is 12.5 Å². The lowest BCUT2D eigenvalue weighted by molar-refractivity contribution is -0.145. The number of carbonyl (C=O) groups is 2. The fourth-order valence-electron chi connectivity index (χ4n) is 4.82. The topological polar surface area (TPSA) is 55.7 Å². The van der Waals surface area contributed by atoms with E-state index in [0.717, 1.165) is 28.3 Å². The second-order valence-electron chi connectivity index (χ2n) is 8.39. The van der Waals surface area contributed by atoms with Crippen molar-refractivity contribution in [3.8, 4) is 0 Å². The summed E-state index contributed by atoms with van der Waals surface area (Å²) in [4.78, 5) is 31.6. The average molecular weight is 482 g/mol. The number of ether oxygens (including phenoxy) is 1. The molecule has 0 N–H and O–H groups in total. The van der Waals surface area contributed by atoms with Crippen LogP contribution in [0.3, 0.4) is 0 Å². The van der Waals surface area contributed by atoms with Crippen molar-refractivity contribution in [2.24, 2.45) is 10.9 Å². The van der Waals surface area contributed by atoms with Crippen molar-refractivity contribution in [2.45, 2.75) is 38.5 Å². The second-order valence-corrected chi connectivity index (χ2v) is 10.2. The number of hydrogen-bond acceptors (Lipinski definition) is 5. The molecule has 3 atom stereocenters. The lowest BCUT2D eigenvalue weighted by Gasteiger charge is -2.36. The number of esters is 1. The molecule has 0 radical (unpaired) electrons. The van der Waals surface area contributed by atoms with Gasteiger partial charge in [-0.15, -0.1) is 0 Å². The van der Waals surface area contributed by atoms with E-state index in [-0.39, 0.29) is 17.7 Å². The van der Waals surface area contributed by atoms with Crippen molar-refractivity contribution in [1.82, 2.24) is 0 Å². The molecule has 0 saturated carbocycles. The quantitative estimate of drug-likeness (QED) is 0.348. The first-order valence-electron chi connectivity index (χ1n) is 11.4. The van der Waals surface area contributed by atoms with Crippen LogP contribution in [0.15, 0.2) is 70.9 Å². The average Bonchev–Trinajstić information content (AvgIpc) is 2.81. The van der Waals surface area contributed by atoms with E-state index in [2.05, 4.69) is 19.1 Å². The van der Waals surface area contributed by atoms with Crippen LogP contribution in [0.5, 0.6) is 0 Å². The first kappa shape index (κ1) is 23.8. The summed E-state index contributed by atoms with van der Waals surface area (Å²) >= 11 is 8.32. The number of halogens is 1. The molecule has 0 amide bonds. The third-order valence-corrected chi connectivity index (χ3v) is 7.54. The SMILES string of the molecule is CCSCCOC(=O)C1C(C)=NC2=C(C(=O)C[C@@H](c3ccccc3)C2)[C@H]1c1ccccc1Cl. The monoisotopic (exact) mass is 481 g/mol. The molecule has 1 heterocycles. The number of rotatable bonds is 7. The van der Waals surface area contributed by atoms with Gasteiger partial charge >= 0.3 is 5.97 Å². The van der Waals surface area contributed by atoms with Gasteiger partial charge in [0.15, 0.2) is 5.78 Å². The fourth-order valence-corrected chi connectivity index (χ4v) is 5.57. The van der Waals surface area contributed by atoms with Gasteiger partial charge in [-0.25, -0.2) is 0 Å². The van der Waals surface area contributed by atoms with E-state index in [1.54, 1.807) is 17.8 Å². The number of Topliss-reactive ketones (excluding diaryl/α,β-unsaturated/α-hetero) is 1. The van der Waals surface area contributed by atoms with Crippen molar-refractivity contribution < 1.29 is 14.3 Å². The first-order chi connectivity index (χ1) is 16.0. The third kappa shape index (κ3) is 5.10. The van der Waals surface area contributed by atoms with E-state index < -0.39 is 11.8 Å². The molecule has 6 heteroatoms. The zero-order valence-electron chi connectivity index (χ0n) is 18.9. The molecule has 0 aromatic heterocycles. The summed E-state index contributed by atoms with van der Waals surface area (Å²) in [7, 11) is 0. The molecule has 4 nitrogen and oxygen atoms in total. The fraction of sp³-hybridized carbons (Fsp3) is 0.370. The summed E-state index contributed by atoms with van der Waals surface area (Å²) in [6.45, 7) is 4.27. The molecule has 0 spiro atoms. The van der Waals surface area contributed by atoms with Gasteiger partial charge in [0, 0.05) is 40.1 Å². The molecule has 2 aromatic carbocycles. The highest BCUT2D eigenvalue weighted by Crippen LogP contribution is 2.48. The van der Waals surface area contributed by atoms with Crippen molar-refractivity contribution in [3.63, 3.8) is 0 Å². The Morgan fingerprint density at radius 3 is 2.58 bits per heavy atom. The Hall–Kier alpha value is -2.37. The lowest BCUT2D eigenvalue weighted by Crippen LogP contribution is -2.38. The zero-order valence-corrected chi connectivity index (χ0v) is 20.5. The molecule has 2 aromatic rings. The predicted octanol–water partition coefficient (Wildman–Crippen LogP) is 6.21. The highest BCUT2D eigenvalue weighted by Gasteiger charge is 2.45. The highest BCUT2D eigenvalue weighted by atomic mass is 35.5. The number of hydrogen-bond donors (Lipinski definition) is 0. The number of carbonyl (C=O) groups excluding carboxylic acids is 2. The van der Waals surface area contributed by atoms with Gasteiger partial charge in [-0.05, 0) is 42.2 Å². The van der Waals surface area contributed by atoms with E-state index in [1.807, 2.05) is 43.3 Å². The van der Waals surface area contributed by atoms with Gasteiger partial charge < -0.3 is 4.74 Å². The number of aliphatic imine (C=N–C) groups is 1. The summed E-state index contributed by atoms with van der Waals surface area (Å²) in [5.41, 5.74) is 3.97. The molecule has 1 aliphatic heterocycles. The number of thioether (sulfide) groups is 1. The van der Waals surface area contributed by atoms with Crippen molar-refractivity contribution in [2.75, 3.05) is 18.1 Å². The second kappa shape index (κ2) is 10.7. The molecule has 2 aliphatic rings. The molecule has 172 valence electrons. The minimum Gasteiger partial charge on any atom is -0.464 e. The maximum absolute atomic E-state index is 13.6. The van der Waals surface area contributed by atoms with Gasteiger partial charge in [0.2, 0.25) is 0 Å². The highest BCUT2D eigenvalue weighted by molar-refractivity contribution is 7.99. The minimum atomic E-state index is -0.660. The molecule has 4 rings (SSSR count). The Balaban J connectivity index is 1.72. The van der Waals surface area contributed by atoms with Gasteiger partial charge in [-0.3, -0.25) is 14.6 Å². The normalized spacial score (nSPS) is 22.6. The summed E-state index contributed by atoms with van der Waals surface area (Å²) in [6.07, 6.45) is 1.06. The Morgan fingerprint density at radius 2 is 1.85 bits per heavy atom. The van der Waals surface area contributed by atoms with E-state index >= 15 is 0 Å². The molecule has 0 saturated heterocycles. The van der Waals surface area contributed by atoms with Gasteiger partial charge in [-0.2, -0.15) is 11.8 Å². The molecule has 0 fully saturated rings. The third-order valence-electron chi connectivity index (χ3n) is 6.33. The molecular formula is C27H28ClNO3S. The van der Waals surface area contributed by atoms with Crippen LogP contribution in [0.1, 0.15) is 49.7 Å². The van der Waals surface area contributed by atoms with Crippen LogP contribution in [-0.2, 0) is 14.3 Å². The zero-order chi connectivity index (χ0) is 23.4. The van der Waals surface area contributed by atoms with Crippen LogP contribution in [-0.4, -0.2) is 35.6 Å². The summed E-state index contributed by atoms with van der Waals surface area (Å²) in [5, 5.41) is 0.543. The van der Waals surface area contributed by atoms with E-state index in [4.69, 9.17) is 21.3 Å². The summed E-state index contributed by atoms with van der Waals surface area (Å²) in [6, 6.07) is 17.5. The van der Waals surface area contributed by atoms with E-state index in [1.165, 1.54) is 0 Å². The predicted molar refractivity (Wildman–Crippen MR) is 135 cm³/mol. The number of benzene rings is 2. The van der Waals surface area contributed by atoms with Crippen LogP contribution in [0.2, 0.25) is 5.02 Å². The van der Waals surface area contributed by atoms with Crippen LogP contribution >= 0.6 is 23.4 Å². The first-order valence-corrected chi connectivity index (χ1v) is 12.9. The van der Waals surface area contributed by atoms with E-state index in [9.17, 15) is 9.59 Å².